The Morgan fingerprint density at radius 2 is 2.26 bits per heavy atom. The van der Waals surface area contributed by atoms with Gasteiger partial charge < -0.3 is 31.7 Å². The van der Waals surface area contributed by atoms with Gasteiger partial charge in [0.25, 0.3) is 5.91 Å². The standard InChI is InChI=1S/C10H17N5O4/c1-13-2-4-6(16)7(17)10(19-4)15-3-14-5(8(15)11)9(12)18/h3-4,6-7,10,13,16-17H,2,11H2,1H3,(H2,12,18)/t4-,6-,7-,10?/m1/s1. The van der Waals surface area contributed by atoms with E-state index in [2.05, 4.69) is 10.3 Å². The number of amides is 1. The molecule has 4 atom stereocenters. The molecular weight excluding hydrogens is 254 g/mol. The summed E-state index contributed by atoms with van der Waals surface area (Å²) in [5.41, 5.74) is 10.7. The summed E-state index contributed by atoms with van der Waals surface area (Å²) in [6.45, 7) is 0.367. The van der Waals surface area contributed by atoms with Gasteiger partial charge in [-0.3, -0.25) is 9.36 Å². The number of aromatic nitrogens is 2. The van der Waals surface area contributed by atoms with E-state index in [0.717, 1.165) is 0 Å². The zero-order valence-electron chi connectivity index (χ0n) is 10.4. The first-order valence-corrected chi connectivity index (χ1v) is 5.75. The molecule has 1 aliphatic heterocycles. The molecule has 1 aromatic rings. The van der Waals surface area contributed by atoms with Crippen LogP contribution in [0.2, 0.25) is 0 Å². The highest BCUT2D eigenvalue weighted by Gasteiger charge is 2.44. The molecule has 0 saturated carbocycles. The largest absolute Gasteiger partial charge is 0.387 e. The van der Waals surface area contributed by atoms with Crippen LogP contribution in [0.3, 0.4) is 0 Å². The van der Waals surface area contributed by atoms with Crippen molar-refractivity contribution in [1.82, 2.24) is 14.9 Å². The monoisotopic (exact) mass is 271 g/mol. The molecule has 19 heavy (non-hydrogen) atoms. The summed E-state index contributed by atoms with van der Waals surface area (Å²) in [5, 5.41) is 22.6. The zero-order valence-corrected chi connectivity index (χ0v) is 10.4. The van der Waals surface area contributed by atoms with E-state index in [1.807, 2.05) is 0 Å². The minimum Gasteiger partial charge on any atom is -0.387 e. The van der Waals surface area contributed by atoms with Crippen molar-refractivity contribution in [3.63, 3.8) is 0 Å². The third kappa shape index (κ3) is 2.28. The molecule has 1 amide bonds. The number of primary amides is 1. The van der Waals surface area contributed by atoms with Crippen LogP contribution in [0, 0.1) is 0 Å². The molecule has 2 rings (SSSR count). The fraction of sp³-hybridized carbons (Fsp3) is 0.600. The average molecular weight is 271 g/mol. The van der Waals surface area contributed by atoms with E-state index >= 15 is 0 Å². The van der Waals surface area contributed by atoms with Crippen LogP contribution >= 0.6 is 0 Å². The number of hydrogen-bond acceptors (Lipinski definition) is 7. The van der Waals surface area contributed by atoms with Crippen LogP contribution in [-0.2, 0) is 4.74 Å². The predicted octanol–water partition coefficient (Wildman–Crippen LogP) is -2.60. The Kier molecular flexibility index (Phi) is 3.71. The lowest BCUT2D eigenvalue weighted by atomic mass is 10.1. The fourth-order valence-electron chi connectivity index (χ4n) is 2.09. The lowest BCUT2D eigenvalue weighted by Gasteiger charge is -2.17. The SMILES string of the molecule is CNC[C@H]1OC(n2cnc(C(N)=O)c2N)[C@H](O)[C@@H]1O. The van der Waals surface area contributed by atoms with Crippen LogP contribution in [0.5, 0.6) is 0 Å². The van der Waals surface area contributed by atoms with Crippen LogP contribution in [0.4, 0.5) is 5.82 Å². The van der Waals surface area contributed by atoms with Crippen LogP contribution in [0.15, 0.2) is 6.33 Å². The Morgan fingerprint density at radius 1 is 1.58 bits per heavy atom. The van der Waals surface area contributed by atoms with Crippen LogP contribution < -0.4 is 16.8 Å². The number of likely N-dealkylation sites (N-methyl/N-ethyl adjacent to an activating group) is 1. The van der Waals surface area contributed by atoms with Crippen LogP contribution in [0.1, 0.15) is 16.7 Å². The molecule has 1 unspecified atom stereocenters. The van der Waals surface area contributed by atoms with Crippen molar-refractivity contribution < 1.29 is 19.7 Å². The van der Waals surface area contributed by atoms with E-state index in [0.29, 0.717) is 6.54 Å². The van der Waals surface area contributed by atoms with Crippen molar-refractivity contribution in [2.24, 2.45) is 5.73 Å². The first-order valence-electron chi connectivity index (χ1n) is 5.75. The van der Waals surface area contributed by atoms with E-state index in [4.69, 9.17) is 16.2 Å². The number of carbonyl (C=O) groups is 1. The second-order valence-corrected chi connectivity index (χ2v) is 4.35. The van der Waals surface area contributed by atoms with Gasteiger partial charge in [0.1, 0.15) is 24.1 Å². The van der Waals surface area contributed by atoms with Crippen molar-refractivity contribution in [2.45, 2.75) is 24.5 Å². The van der Waals surface area contributed by atoms with E-state index in [-0.39, 0.29) is 11.5 Å². The maximum atomic E-state index is 11.1. The second kappa shape index (κ2) is 5.13. The molecule has 1 fully saturated rings. The molecule has 0 spiro atoms. The van der Waals surface area contributed by atoms with Crippen LogP contribution in [0.25, 0.3) is 0 Å². The normalized spacial score (nSPS) is 30.7. The summed E-state index contributed by atoms with van der Waals surface area (Å²) in [5.74, 6) is -0.773. The predicted molar refractivity (Wildman–Crippen MR) is 65.0 cm³/mol. The van der Waals surface area contributed by atoms with Gasteiger partial charge in [0.2, 0.25) is 0 Å². The van der Waals surface area contributed by atoms with Crippen molar-refractivity contribution >= 4 is 11.7 Å². The second-order valence-electron chi connectivity index (χ2n) is 4.35. The minimum atomic E-state index is -1.17. The summed E-state index contributed by atoms with van der Waals surface area (Å²) in [6.07, 6.45) is -2.47. The highest BCUT2D eigenvalue weighted by atomic mass is 16.6. The molecule has 7 N–H and O–H groups in total. The number of carbonyl (C=O) groups excluding carboxylic acids is 1. The molecule has 0 bridgehead atoms. The van der Waals surface area contributed by atoms with E-state index in [1.165, 1.54) is 10.9 Å². The summed E-state index contributed by atoms with van der Waals surface area (Å²) >= 11 is 0. The maximum Gasteiger partial charge on any atom is 0.271 e. The van der Waals surface area contributed by atoms with Crippen molar-refractivity contribution in [3.05, 3.63) is 12.0 Å². The summed E-state index contributed by atoms with van der Waals surface area (Å²) in [7, 11) is 1.70. The molecule has 1 aromatic heterocycles. The number of nitrogens with one attached hydrogen (secondary N) is 1. The topological polar surface area (TPSA) is 149 Å². The average Bonchev–Trinajstić information content (AvgIpc) is 2.85. The third-order valence-corrected chi connectivity index (χ3v) is 3.08. The Hall–Kier alpha value is -1.68. The number of anilines is 1. The Bertz CT molecular complexity index is 476. The fourth-order valence-corrected chi connectivity index (χ4v) is 2.09. The van der Waals surface area contributed by atoms with E-state index in [1.54, 1.807) is 7.05 Å². The number of aliphatic hydroxyl groups excluding tert-OH is 2. The number of aliphatic hydroxyl groups is 2. The number of nitrogens with two attached hydrogens (primary N) is 2. The molecule has 1 aliphatic rings. The minimum absolute atomic E-state index is 0.00569. The van der Waals surface area contributed by atoms with Gasteiger partial charge in [-0.25, -0.2) is 4.98 Å². The zero-order chi connectivity index (χ0) is 14.2. The summed E-state index contributed by atoms with van der Waals surface area (Å²) in [6, 6.07) is 0. The lowest BCUT2D eigenvalue weighted by Crippen LogP contribution is -2.36. The molecule has 106 valence electrons. The van der Waals surface area contributed by atoms with Gasteiger partial charge in [-0.05, 0) is 7.05 Å². The molecule has 0 aromatic carbocycles. The van der Waals surface area contributed by atoms with E-state index < -0.39 is 30.4 Å². The van der Waals surface area contributed by atoms with Crippen molar-refractivity contribution in [1.29, 1.82) is 0 Å². The lowest BCUT2D eigenvalue weighted by molar-refractivity contribution is -0.0346. The first kappa shape index (κ1) is 13.7. The Morgan fingerprint density at radius 3 is 2.79 bits per heavy atom. The van der Waals surface area contributed by atoms with E-state index in [9.17, 15) is 15.0 Å². The Balaban J connectivity index is 2.25. The maximum absolute atomic E-state index is 11.1. The molecular formula is C10H17N5O4. The van der Waals surface area contributed by atoms with Crippen LogP contribution in [-0.4, -0.2) is 57.6 Å². The number of nitrogen functional groups attached to an aromatic ring is 1. The molecule has 1 saturated heterocycles. The van der Waals surface area contributed by atoms with Gasteiger partial charge in [0.05, 0.1) is 6.33 Å². The van der Waals surface area contributed by atoms with Gasteiger partial charge in [0, 0.05) is 6.54 Å². The number of nitrogens with zero attached hydrogens (tertiary/aromatic N) is 2. The molecule has 0 aliphatic carbocycles. The highest BCUT2D eigenvalue weighted by Crippen LogP contribution is 2.31. The number of imidazole rings is 1. The van der Waals surface area contributed by atoms with Crippen molar-refractivity contribution in [2.75, 3.05) is 19.3 Å². The summed E-state index contributed by atoms with van der Waals surface area (Å²) < 4.78 is 6.80. The van der Waals surface area contributed by atoms with Gasteiger partial charge in [-0.15, -0.1) is 0 Å². The molecule has 9 nitrogen and oxygen atoms in total. The number of hydrogen-bond donors (Lipinski definition) is 5. The van der Waals surface area contributed by atoms with Gasteiger partial charge >= 0.3 is 0 Å². The highest BCUT2D eigenvalue weighted by molar-refractivity contribution is 5.95. The molecule has 9 heteroatoms. The number of ether oxygens (including phenoxy) is 1. The van der Waals surface area contributed by atoms with Gasteiger partial charge in [-0.1, -0.05) is 0 Å². The van der Waals surface area contributed by atoms with Gasteiger partial charge in [0.15, 0.2) is 11.9 Å². The smallest absolute Gasteiger partial charge is 0.271 e. The summed E-state index contributed by atoms with van der Waals surface area (Å²) in [4.78, 5) is 14.8. The number of rotatable bonds is 4. The Labute approximate surface area is 109 Å². The quantitative estimate of drug-likeness (QED) is 0.403. The first-order chi connectivity index (χ1) is 8.97. The molecule has 2 heterocycles. The van der Waals surface area contributed by atoms with Crippen molar-refractivity contribution in [3.8, 4) is 0 Å². The molecule has 0 radical (unpaired) electrons. The third-order valence-electron chi connectivity index (χ3n) is 3.08. The van der Waals surface area contributed by atoms with Gasteiger partial charge in [-0.2, -0.15) is 0 Å².